The molecular formula is C22H33N3O3. The maximum absolute atomic E-state index is 13.0. The summed E-state index contributed by atoms with van der Waals surface area (Å²) in [5, 5.41) is 0. The van der Waals surface area contributed by atoms with E-state index in [1.54, 1.807) is 25.1 Å². The van der Waals surface area contributed by atoms with Gasteiger partial charge in [0.25, 0.3) is 5.91 Å². The first-order valence-electron chi connectivity index (χ1n) is 10.3. The highest BCUT2D eigenvalue weighted by atomic mass is 16.5. The second-order valence-electron chi connectivity index (χ2n) is 8.66. The number of carbonyl (C=O) groups is 2. The van der Waals surface area contributed by atoms with Crippen LogP contribution in [0.5, 0.6) is 5.75 Å². The predicted molar refractivity (Wildman–Crippen MR) is 111 cm³/mol. The van der Waals surface area contributed by atoms with Gasteiger partial charge in [-0.15, -0.1) is 0 Å². The van der Waals surface area contributed by atoms with Crippen LogP contribution >= 0.6 is 0 Å². The molecule has 0 aromatic heterocycles. The van der Waals surface area contributed by atoms with Crippen molar-refractivity contribution in [3.8, 4) is 5.75 Å². The first-order valence-corrected chi connectivity index (χ1v) is 10.3. The molecule has 1 saturated carbocycles. The summed E-state index contributed by atoms with van der Waals surface area (Å²) in [6.45, 7) is 5.72. The third-order valence-electron chi connectivity index (χ3n) is 5.64. The Bertz CT molecular complexity index is 728. The van der Waals surface area contributed by atoms with Gasteiger partial charge in [0.1, 0.15) is 12.4 Å². The van der Waals surface area contributed by atoms with E-state index in [4.69, 9.17) is 4.74 Å². The molecule has 0 bridgehead atoms. The van der Waals surface area contributed by atoms with Crippen molar-refractivity contribution < 1.29 is 14.3 Å². The Kier molecular flexibility index (Phi) is 6.16. The minimum atomic E-state index is -0.0389. The van der Waals surface area contributed by atoms with Crippen LogP contribution in [0.4, 0.5) is 5.69 Å². The number of rotatable bonds is 7. The normalized spacial score (nSPS) is 18.5. The van der Waals surface area contributed by atoms with Crippen LogP contribution in [0.25, 0.3) is 0 Å². The predicted octanol–water partition coefficient (Wildman–Crippen LogP) is 3.01. The molecule has 1 heterocycles. The number of amides is 2. The Balaban J connectivity index is 1.70. The van der Waals surface area contributed by atoms with Crippen molar-refractivity contribution in [2.75, 3.05) is 39.2 Å². The molecule has 154 valence electrons. The lowest BCUT2D eigenvalue weighted by atomic mass is 10.1. The Morgan fingerprint density at radius 3 is 2.57 bits per heavy atom. The largest absolute Gasteiger partial charge is 0.489 e. The zero-order valence-corrected chi connectivity index (χ0v) is 17.8. The fourth-order valence-corrected chi connectivity index (χ4v) is 3.61. The van der Waals surface area contributed by atoms with E-state index in [0.717, 1.165) is 37.2 Å². The smallest absolute Gasteiger partial charge is 0.253 e. The number of nitrogens with zero attached hydrogens (tertiary/aromatic N) is 3. The molecule has 0 N–H and O–H groups in total. The highest BCUT2D eigenvalue weighted by Gasteiger charge is 2.35. The summed E-state index contributed by atoms with van der Waals surface area (Å²) in [7, 11) is 5.47. The summed E-state index contributed by atoms with van der Waals surface area (Å²) >= 11 is 0. The average molecular weight is 388 g/mol. The van der Waals surface area contributed by atoms with E-state index >= 15 is 0 Å². The van der Waals surface area contributed by atoms with Gasteiger partial charge in [-0.2, -0.15) is 0 Å². The van der Waals surface area contributed by atoms with Gasteiger partial charge in [-0.3, -0.25) is 9.59 Å². The lowest BCUT2D eigenvalue weighted by Gasteiger charge is -2.37. The summed E-state index contributed by atoms with van der Waals surface area (Å²) < 4.78 is 5.92. The molecule has 0 saturated heterocycles. The van der Waals surface area contributed by atoms with E-state index in [1.165, 1.54) is 0 Å². The van der Waals surface area contributed by atoms with E-state index in [1.807, 2.05) is 19.2 Å². The van der Waals surface area contributed by atoms with Crippen LogP contribution in [0.15, 0.2) is 18.2 Å². The second kappa shape index (κ2) is 8.41. The van der Waals surface area contributed by atoms with Crippen molar-refractivity contribution in [2.24, 2.45) is 5.92 Å². The average Bonchev–Trinajstić information content (AvgIpc) is 3.48. The molecule has 2 aliphatic rings. The molecule has 0 radical (unpaired) electrons. The first-order chi connectivity index (χ1) is 13.3. The monoisotopic (exact) mass is 387 g/mol. The summed E-state index contributed by atoms with van der Waals surface area (Å²) in [5.41, 5.74) is 1.50. The van der Waals surface area contributed by atoms with E-state index in [2.05, 4.69) is 23.6 Å². The van der Waals surface area contributed by atoms with Crippen LogP contribution in [0.1, 0.15) is 49.9 Å². The van der Waals surface area contributed by atoms with Crippen LogP contribution in [-0.4, -0.2) is 68.0 Å². The van der Waals surface area contributed by atoms with Crippen molar-refractivity contribution in [1.29, 1.82) is 0 Å². The molecule has 1 aliphatic carbocycles. The Morgan fingerprint density at radius 1 is 1.25 bits per heavy atom. The molecule has 28 heavy (non-hydrogen) atoms. The standard InChI is InChI=1S/C22H33N3O3/c1-15(2)10-11-25(17-7-8-17)21(26)13-18-14-28-20-9-6-16(22(27)23(3)4)12-19(20)24(18)5/h6,9,12,15,17-18H,7-8,10-11,13-14H2,1-5H3/t18-/m1/s1. The zero-order valence-electron chi connectivity index (χ0n) is 17.8. The summed E-state index contributed by atoms with van der Waals surface area (Å²) in [5.74, 6) is 1.53. The fraction of sp³-hybridized carbons (Fsp3) is 0.636. The lowest BCUT2D eigenvalue weighted by Crippen LogP contribution is -2.45. The van der Waals surface area contributed by atoms with E-state index in [9.17, 15) is 9.59 Å². The fourth-order valence-electron chi connectivity index (χ4n) is 3.61. The van der Waals surface area contributed by atoms with Crippen LogP contribution in [-0.2, 0) is 4.79 Å². The van der Waals surface area contributed by atoms with Gasteiger partial charge < -0.3 is 19.4 Å². The number of benzene rings is 1. The van der Waals surface area contributed by atoms with Crippen LogP contribution in [0.3, 0.4) is 0 Å². The molecule has 2 amide bonds. The number of hydrogen-bond acceptors (Lipinski definition) is 4. The van der Waals surface area contributed by atoms with E-state index in [-0.39, 0.29) is 17.9 Å². The summed E-state index contributed by atoms with van der Waals surface area (Å²) in [6, 6.07) is 5.91. The molecule has 6 nitrogen and oxygen atoms in total. The SMILES string of the molecule is CC(C)CCN(C(=O)C[C@@H]1COc2ccc(C(=O)N(C)C)cc2N1C)C1CC1. The van der Waals surface area contributed by atoms with E-state index in [0.29, 0.717) is 30.6 Å². The Labute approximate surface area is 168 Å². The summed E-state index contributed by atoms with van der Waals surface area (Å²) in [4.78, 5) is 31.0. The zero-order chi connectivity index (χ0) is 20.4. The van der Waals surface area contributed by atoms with E-state index < -0.39 is 0 Å². The number of fused-ring (bicyclic) bond motifs is 1. The first kappa shape index (κ1) is 20.5. The summed E-state index contributed by atoms with van der Waals surface area (Å²) in [6.07, 6.45) is 3.73. The van der Waals surface area contributed by atoms with Gasteiger partial charge in [0.2, 0.25) is 5.91 Å². The second-order valence-corrected chi connectivity index (χ2v) is 8.66. The maximum atomic E-state index is 13.0. The van der Waals surface area contributed by atoms with Crippen molar-refractivity contribution >= 4 is 17.5 Å². The highest BCUT2D eigenvalue weighted by molar-refractivity contribution is 5.95. The van der Waals surface area contributed by atoms with Crippen molar-refractivity contribution in [2.45, 2.75) is 51.6 Å². The lowest BCUT2D eigenvalue weighted by molar-refractivity contribution is -0.132. The molecule has 3 rings (SSSR count). The van der Waals surface area contributed by atoms with Crippen molar-refractivity contribution in [3.05, 3.63) is 23.8 Å². The molecule has 0 unspecified atom stereocenters. The molecule has 0 spiro atoms. The molecular weight excluding hydrogens is 354 g/mol. The van der Waals surface area contributed by atoms with Crippen LogP contribution in [0, 0.1) is 5.92 Å². The molecule has 1 fully saturated rings. The van der Waals surface area contributed by atoms with Crippen molar-refractivity contribution in [1.82, 2.24) is 9.80 Å². The van der Waals surface area contributed by atoms with Crippen molar-refractivity contribution in [3.63, 3.8) is 0 Å². The van der Waals surface area contributed by atoms with Gasteiger partial charge >= 0.3 is 0 Å². The minimum absolute atomic E-state index is 0.0231. The van der Waals surface area contributed by atoms with Crippen LogP contribution in [0.2, 0.25) is 0 Å². The topological polar surface area (TPSA) is 53.1 Å². The van der Waals surface area contributed by atoms with Gasteiger partial charge in [0.15, 0.2) is 0 Å². The number of hydrogen-bond donors (Lipinski definition) is 0. The Morgan fingerprint density at radius 2 is 1.96 bits per heavy atom. The van der Waals surface area contributed by atoms with Crippen LogP contribution < -0.4 is 9.64 Å². The quantitative estimate of drug-likeness (QED) is 0.722. The van der Waals surface area contributed by atoms with Gasteiger partial charge in [0, 0.05) is 39.3 Å². The van der Waals surface area contributed by atoms with Gasteiger partial charge in [-0.25, -0.2) is 0 Å². The van der Waals surface area contributed by atoms with Gasteiger partial charge in [0.05, 0.1) is 18.2 Å². The molecule has 1 aliphatic heterocycles. The Hall–Kier alpha value is -2.24. The van der Waals surface area contributed by atoms with Gasteiger partial charge in [-0.05, 0) is 43.4 Å². The number of likely N-dealkylation sites (N-methyl/N-ethyl adjacent to an activating group) is 1. The maximum Gasteiger partial charge on any atom is 0.253 e. The molecule has 1 atom stereocenters. The molecule has 6 heteroatoms. The highest BCUT2D eigenvalue weighted by Crippen LogP contribution is 2.35. The number of anilines is 1. The number of carbonyl (C=O) groups excluding carboxylic acids is 2. The molecule has 1 aromatic carbocycles. The number of ether oxygens (including phenoxy) is 1. The third-order valence-corrected chi connectivity index (χ3v) is 5.64. The third kappa shape index (κ3) is 4.59. The van der Waals surface area contributed by atoms with Gasteiger partial charge in [-0.1, -0.05) is 13.8 Å². The minimum Gasteiger partial charge on any atom is -0.489 e. The molecule has 1 aromatic rings.